The Balaban J connectivity index is 1.30. The van der Waals surface area contributed by atoms with Crippen LogP contribution < -0.4 is 15.5 Å². The number of urea groups is 1. The highest BCUT2D eigenvalue weighted by Crippen LogP contribution is 2.60. The molecule has 3 aromatic carbocycles. The zero-order valence-electron chi connectivity index (χ0n) is 23.6. The van der Waals surface area contributed by atoms with E-state index in [2.05, 4.69) is 10.6 Å². The Morgan fingerprint density at radius 3 is 2.26 bits per heavy atom. The maximum absolute atomic E-state index is 14.6. The lowest BCUT2D eigenvalue weighted by Gasteiger charge is -2.58. The SMILES string of the molecule is O=C1Nc2ccccc2N(c2ccccc2)C(=O)C1N(CC12CC3CC(CC(C3)C1)C2)C(=O)Nc1cccc([N+](=O)[O-])c1. The molecule has 1 heterocycles. The van der Waals surface area contributed by atoms with Crippen molar-refractivity contribution in [3.05, 3.63) is 89.0 Å². The second kappa shape index (κ2) is 10.5. The number of para-hydroxylation sites is 3. The van der Waals surface area contributed by atoms with Gasteiger partial charge in [-0.25, -0.2) is 4.79 Å². The molecule has 10 nitrogen and oxygen atoms in total. The normalized spacial score (nSPS) is 27.2. The van der Waals surface area contributed by atoms with E-state index in [0.29, 0.717) is 34.8 Å². The number of nitrogens with zero attached hydrogens (tertiary/aromatic N) is 3. The van der Waals surface area contributed by atoms with Gasteiger partial charge in [-0.05, 0) is 92.0 Å². The van der Waals surface area contributed by atoms with Crippen LogP contribution in [0.2, 0.25) is 0 Å². The fraction of sp³-hybridized carbons (Fsp3) is 0.364. The standard InChI is InChI=1S/C33H33N5O5/c39-30-29(31(40)37(25-8-2-1-3-9-25)28-12-5-4-11-27(28)35-30)36(32(41)34-24-7-6-10-26(16-24)38(42)43)20-33-17-21-13-22(18-33)15-23(14-21)19-33/h1-12,16,21-23,29H,13-15,17-20H2,(H,34,41)(H,35,39). The molecule has 5 aliphatic rings. The molecule has 4 amide bonds. The molecule has 4 saturated carbocycles. The highest BCUT2D eigenvalue weighted by molar-refractivity contribution is 6.23. The Labute approximate surface area is 249 Å². The van der Waals surface area contributed by atoms with Crippen molar-refractivity contribution in [2.75, 3.05) is 22.1 Å². The van der Waals surface area contributed by atoms with Gasteiger partial charge in [-0.3, -0.25) is 24.6 Å². The number of hydrogen-bond acceptors (Lipinski definition) is 5. The zero-order chi connectivity index (χ0) is 29.7. The van der Waals surface area contributed by atoms with Gasteiger partial charge in [-0.15, -0.1) is 0 Å². The molecule has 4 fully saturated rings. The summed E-state index contributed by atoms with van der Waals surface area (Å²) in [6.45, 7) is 0.250. The number of amides is 4. The van der Waals surface area contributed by atoms with Crippen molar-refractivity contribution in [2.45, 2.75) is 44.6 Å². The first kappa shape index (κ1) is 27.1. The van der Waals surface area contributed by atoms with Crippen LogP contribution in [0.25, 0.3) is 0 Å². The number of fused-ring (bicyclic) bond motifs is 1. The van der Waals surface area contributed by atoms with Crippen molar-refractivity contribution in [3.8, 4) is 0 Å². The van der Waals surface area contributed by atoms with Gasteiger partial charge in [-0.1, -0.05) is 36.4 Å². The van der Waals surface area contributed by atoms with E-state index >= 15 is 0 Å². The van der Waals surface area contributed by atoms with E-state index in [1.54, 1.807) is 42.5 Å². The lowest BCUT2D eigenvalue weighted by atomic mass is 9.49. The van der Waals surface area contributed by atoms with Crippen molar-refractivity contribution in [2.24, 2.45) is 23.2 Å². The van der Waals surface area contributed by atoms with Gasteiger partial charge in [0.15, 0.2) is 6.04 Å². The van der Waals surface area contributed by atoms with E-state index in [0.717, 1.165) is 19.3 Å². The Morgan fingerprint density at radius 2 is 1.58 bits per heavy atom. The van der Waals surface area contributed by atoms with Gasteiger partial charge in [0, 0.05) is 30.1 Å². The Kier molecular flexibility index (Phi) is 6.64. The lowest BCUT2D eigenvalue weighted by molar-refractivity contribution is -0.384. The molecular formula is C33H33N5O5. The van der Waals surface area contributed by atoms with Gasteiger partial charge in [0.2, 0.25) is 0 Å². The molecule has 0 saturated heterocycles. The maximum Gasteiger partial charge on any atom is 0.322 e. The number of hydrogen-bond donors (Lipinski definition) is 2. The average Bonchev–Trinajstić information content (AvgIpc) is 3.08. The van der Waals surface area contributed by atoms with Crippen molar-refractivity contribution in [1.82, 2.24) is 4.90 Å². The monoisotopic (exact) mass is 579 g/mol. The summed E-state index contributed by atoms with van der Waals surface area (Å²) in [6.07, 6.45) is 6.51. The van der Waals surface area contributed by atoms with E-state index in [1.807, 2.05) is 18.2 Å². The van der Waals surface area contributed by atoms with Gasteiger partial charge in [0.1, 0.15) is 0 Å². The van der Waals surface area contributed by atoms with E-state index < -0.39 is 28.8 Å². The quantitative estimate of drug-likeness (QED) is 0.201. The minimum absolute atomic E-state index is 0.167. The third kappa shape index (κ3) is 5.00. The van der Waals surface area contributed by atoms with Crippen LogP contribution in [0.1, 0.15) is 38.5 Å². The summed E-state index contributed by atoms with van der Waals surface area (Å²) in [7, 11) is 0. The Morgan fingerprint density at radius 1 is 0.930 bits per heavy atom. The smallest absolute Gasteiger partial charge is 0.322 e. The molecule has 8 rings (SSSR count). The van der Waals surface area contributed by atoms with Crippen molar-refractivity contribution < 1.29 is 19.3 Å². The molecule has 220 valence electrons. The number of nitro groups is 1. The number of carbonyl (C=O) groups excluding carboxylic acids is 3. The summed E-state index contributed by atoms with van der Waals surface area (Å²) < 4.78 is 0. The summed E-state index contributed by atoms with van der Waals surface area (Å²) in [4.78, 5) is 56.6. The summed E-state index contributed by atoms with van der Waals surface area (Å²) in [5.74, 6) is 0.660. The van der Waals surface area contributed by atoms with Crippen LogP contribution in [0, 0.1) is 33.3 Å². The summed E-state index contributed by atoms with van der Waals surface area (Å²) in [5.41, 5.74) is 1.44. The highest BCUT2D eigenvalue weighted by Gasteiger charge is 2.54. The number of benzene rings is 3. The first-order chi connectivity index (χ1) is 20.8. The molecule has 1 aliphatic heterocycles. The molecule has 0 aromatic heterocycles. The third-order valence-corrected chi connectivity index (χ3v) is 9.67. The first-order valence-electron chi connectivity index (χ1n) is 14.9. The molecule has 2 N–H and O–H groups in total. The van der Waals surface area contributed by atoms with Gasteiger partial charge in [0.05, 0.1) is 16.3 Å². The zero-order valence-corrected chi connectivity index (χ0v) is 23.6. The molecule has 0 radical (unpaired) electrons. The molecule has 4 aliphatic carbocycles. The predicted octanol–water partition coefficient (Wildman–Crippen LogP) is 6.33. The maximum atomic E-state index is 14.6. The van der Waals surface area contributed by atoms with E-state index in [4.69, 9.17) is 0 Å². The number of anilines is 4. The van der Waals surface area contributed by atoms with Crippen molar-refractivity contribution in [3.63, 3.8) is 0 Å². The van der Waals surface area contributed by atoms with Crippen LogP contribution in [-0.4, -0.2) is 40.3 Å². The Bertz CT molecular complexity index is 1570. The van der Waals surface area contributed by atoms with Crippen LogP contribution >= 0.6 is 0 Å². The van der Waals surface area contributed by atoms with Gasteiger partial charge in [0.25, 0.3) is 17.5 Å². The molecule has 43 heavy (non-hydrogen) atoms. The number of nitrogens with one attached hydrogen (secondary N) is 2. The number of nitro benzene ring substituents is 1. The third-order valence-electron chi connectivity index (χ3n) is 9.67. The fourth-order valence-corrected chi connectivity index (χ4v) is 8.46. The predicted molar refractivity (Wildman–Crippen MR) is 162 cm³/mol. The first-order valence-corrected chi connectivity index (χ1v) is 14.9. The second-order valence-corrected chi connectivity index (χ2v) is 12.7. The van der Waals surface area contributed by atoms with Crippen LogP contribution in [0.15, 0.2) is 78.9 Å². The molecule has 1 atom stereocenters. The topological polar surface area (TPSA) is 125 Å². The molecule has 4 bridgehead atoms. The minimum Gasteiger partial charge on any atom is -0.322 e. The van der Waals surface area contributed by atoms with Crippen LogP contribution in [0.5, 0.6) is 0 Å². The largest absolute Gasteiger partial charge is 0.322 e. The molecular weight excluding hydrogens is 546 g/mol. The fourth-order valence-electron chi connectivity index (χ4n) is 8.46. The number of non-ortho nitro benzene ring substituents is 1. The molecule has 3 aromatic rings. The van der Waals surface area contributed by atoms with E-state index in [1.165, 1.54) is 47.3 Å². The van der Waals surface area contributed by atoms with Gasteiger partial charge >= 0.3 is 6.03 Å². The second-order valence-electron chi connectivity index (χ2n) is 12.7. The van der Waals surface area contributed by atoms with Gasteiger partial charge in [-0.2, -0.15) is 0 Å². The molecule has 1 unspecified atom stereocenters. The van der Waals surface area contributed by atoms with E-state index in [9.17, 15) is 24.5 Å². The average molecular weight is 580 g/mol. The van der Waals surface area contributed by atoms with E-state index in [-0.39, 0.29) is 23.3 Å². The summed E-state index contributed by atoms with van der Waals surface area (Å²) in [5, 5.41) is 17.1. The number of carbonyl (C=O) groups is 3. The Hall–Kier alpha value is -4.73. The van der Waals surface area contributed by atoms with Crippen LogP contribution in [0.3, 0.4) is 0 Å². The van der Waals surface area contributed by atoms with Crippen molar-refractivity contribution in [1.29, 1.82) is 0 Å². The summed E-state index contributed by atoms with van der Waals surface area (Å²) in [6, 6.07) is 19.8. The summed E-state index contributed by atoms with van der Waals surface area (Å²) >= 11 is 0. The van der Waals surface area contributed by atoms with Crippen molar-refractivity contribution >= 4 is 46.3 Å². The molecule has 0 spiro atoms. The van der Waals surface area contributed by atoms with Gasteiger partial charge < -0.3 is 15.5 Å². The molecule has 10 heteroatoms. The lowest BCUT2D eigenvalue weighted by Crippen LogP contribution is -2.60. The minimum atomic E-state index is -1.46. The highest BCUT2D eigenvalue weighted by atomic mass is 16.6. The van der Waals surface area contributed by atoms with Crippen LogP contribution in [0.4, 0.5) is 33.2 Å². The number of rotatable bonds is 6. The van der Waals surface area contributed by atoms with Crippen LogP contribution in [-0.2, 0) is 9.59 Å².